The van der Waals surface area contributed by atoms with Crippen molar-refractivity contribution in [3.05, 3.63) is 29.8 Å². The summed E-state index contributed by atoms with van der Waals surface area (Å²) in [6, 6.07) is 8.46. The van der Waals surface area contributed by atoms with Gasteiger partial charge in [-0.2, -0.15) is 0 Å². The third-order valence-corrected chi connectivity index (χ3v) is 12.3. The van der Waals surface area contributed by atoms with E-state index >= 15 is 0 Å². The molecule has 7 fully saturated rings. The normalized spacial score (nSPS) is 50.4. The van der Waals surface area contributed by atoms with Gasteiger partial charge in [0, 0.05) is 30.6 Å². The average molecular weight is 513 g/mol. The van der Waals surface area contributed by atoms with E-state index in [9.17, 15) is 5.11 Å². The Balaban J connectivity index is 1.28. The van der Waals surface area contributed by atoms with Gasteiger partial charge in [-0.15, -0.1) is 0 Å². The molecule has 0 unspecified atom stereocenters. The predicted molar refractivity (Wildman–Crippen MR) is 133 cm³/mol. The van der Waals surface area contributed by atoms with Crippen LogP contribution in [0.5, 0.6) is 5.75 Å². The summed E-state index contributed by atoms with van der Waals surface area (Å²) in [5.41, 5.74) is -0.715. The van der Waals surface area contributed by atoms with Crippen molar-refractivity contribution in [3.8, 4) is 5.75 Å². The Bertz CT molecular complexity index is 1090. The second-order valence-electron chi connectivity index (χ2n) is 13.3. The lowest BCUT2D eigenvalue weighted by Gasteiger charge is -2.65. The molecule has 4 saturated carbocycles. The van der Waals surface area contributed by atoms with E-state index in [1.54, 1.807) is 7.11 Å². The van der Waals surface area contributed by atoms with Crippen molar-refractivity contribution in [1.29, 1.82) is 0 Å². The Morgan fingerprint density at radius 1 is 0.865 bits per heavy atom. The number of ether oxygens (including phenoxy) is 6. The summed E-state index contributed by atoms with van der Waals surface area (Å²) in [6.07, 6.45) is 5.94. The van der Waals surface area contributed by atoms with Gasteiger partial charge in [0.2, 0.25) is 0 Å². The fraction of sp³-hybridized carbons (Fsp3) is 0.800. The summed E-state index contributed by atoms with van der Waals surface area (Å²) in [7, 11) is 1.70. The van der Waals surface area contributed by atoms with Gasteiger partial charge in [-0.05, 0) is 55.2 Å². The number of aliphatic hydroxyl groups is 1. The van der Waals surface area contributed by atoms with Crippen LogP contribution in [0.3, 0.4) is 0 Å². The first-order chi connectivity index (χ1) is 17.8. The van der Waals surface area contributed by atoms with Gasteiger partial charge in [0.15, 0.2) is 11.6 Å². The van der Waals surface area contributed by atoms with Gasteiger partial charge in [0.25, 0.3) is 0 Å². The quantitative estimate of drug-likeness (QED) is 0.597. The minimum Gasteiger partial charge on any atom is -0.497 e. The zero-order valence-corrected chi connectivity index (χ0v) is 22.3. The molecule has 0 aromatic heterocycles. The Labute approximate surface area is 219 Å². The third kappa shape index (κ3) is 2.65. The van der Waals surface area contributed by atoms with Crippen LogP contribution in [0.15, 0.2) is 24.3 Å². The molecule has 0 radical (unpaired) electrons. The fourth-order valence-corrected chi connectivity index (χ4v) is 10.6. The van der Waals surface area contributed by atoms with Crippen LogP contribution in [0, 0.1) is 28.6 Å². The highest BCUT2D eigenvalue weighted by Gasteiger charge is 2.86. The molecule has 0 bridgehead atoms. The first kappa shape index (κ1) is 23.6. The van der Waals surface area contributed by atoms with Gasteiger partial charge in [-0.1, -0.05) is 26.0 Å². The Hall–Kier alpha value is -1.22. The van der Waals surface area contributed by atoms with Crippen LogP contribution in [-0.2, 0) is 29.3 Å². The van der Waals surface area contributed by atoms with E-state index in [-0.39, 0.29) is 22.9 Å². The monoisotopic (exact) mass is 512 g/mol. The molecule has 1 aromatic carbocycles. The van der Waals surface area contributed by atoms with Crippen molar-refractivity contribution >= 4 is 0 Å². The van der Waals surface area contributed by atoms with Crippen molar-refractivity contribution < 1.29 is 33.5 Å². The zero-order valence-electron chi connectivity index (χ0n) is 22.3. The van der Waals surface area contributed by atoms with E-state index < -0.39 is 22.8 Å². The minimum absolute atomic E-state index is 0.0192. The third-order valence-electron chi connectivity index (χ3n) is 12.3. The van der Waals surface area contributed by atoms with Crippen LogP contribution >= 0.6 is 0 Å². The number of methoxy groups -OCH3 is 1. The number of fused-ring (bicyclic) bond motifs is 9. The molecule has 3 saturated heterocycles. The van der Waals surface area contributed by atoms with Crippen molar-refractivity contribution in [2.24, 2.45) is 28.6 Å². The molecule has 1 N–H and O–H groups in total. The van der Waals surface area contributed by atoms with Crippen LogP contribution < -0.4 is 4.74 Å². The largest absolute Gasteiger partial charge is 0.497 e. The summed E-state index contributed by atoms with van der Waals surface area (Å²) in [6.45, 7) is 7.24. The highest BCUT2D eigenvalue weighted by molar-refractivity contribution is 5.42. The predicted octanol–water partition coefficient (Wildman–Crippen LogP) is 4.15. The number of hydrogen-bond acceptors (Lipinski definition) is 7. The first-order valence-corrected chi connectivity index (χ1v) is 14.4. The maximum absolute atomic E-state index is 12.5. The van der Waals surface area contributed by atoms with E-state index in [1.807, 2.05) is 12.1 Å². The molecule has 7 heteroatoms. The molecular formula is C30H40O7. The van der Waals surface area contributed by atoms with E-state index in [0.29, 0.717) is 44.7 Å². The van der Waals surface area contributed by atoms with Gasteiger partial charge in [-0.3, -0.25) is 0 Å². The van der Waals surface area contributed by atoms with Crippen LogP contribution in [0.1, 0.15) is 64.4 Å². The molecular weight excluding hydrogens is 472 g/mol. The molecule has 202 valence electrons. The van der Waals surface area contributed by atoms with Crippen LogP contribution in [0.2, 0.25) is 0 Å². The molecule has 1 aromatic rings. The molecule has 4 aliphatic carbocycles. The van der Waals surface area contributed by atoms with Crippen molar-refractivity contribution in [2.45, 2.75) is 87.7 Å². The summed E-state index contributed by atoms with van der Waals surface area (Å²) < 4.78 is 37.8. The van der Waals surface area contributed by atoms with Crippen LogP contribution in [0.25, 0.3) is 0 Å². The maximum atomic E-state index is 12.5. The molecule has 7 nitrogen and oxygen atoms in total. The number of rotatable bonds is 2. The second-order valence-corrected chi connectivity index (χ2v) is 13.3. The number of benzene rings is 1. The van der Waals surface area contributed by atoms with E-state index in [4.69, 9.17) is 28.4 Å². The Kier molecular flexibility index (Phi) is 4.66. The first-order valence-electron chi connectivity index (χ1n) is 14.4. The molecule has 37 heavy (non-hydrogen) atoms. The Morgan fingerprint density at radius 2 is 1.57 bits per heavy atom. The zero-order chi connectivity index (χ0) is 25.3. The Morgan fingerprint density at radius 3 is 2.27 bits per heavy atom. The van der Waals surface area contributed by atoms with Gasteiger partial charge >= 0.3 is 0 Å². The molecule has 3 heterocycles. The summed E-state index contributed by atoms with van der Waals surface area (Å²) in [5, 5.41) is 12.5. The van der Waals surface area contributed by atoms with Gasteiger partial charge in [0.1, 0.15) is 17.5 Å². The SMILES string of the molecule is COc1ccc([C@@]23O[C@@H]2[C@@]2(C)[C@@H](CCC24OCCO4)[C@@H]2CC[C@@]4(O)CC5(CC[C@]4(C)[C@H]23)OCCO5)cc1. The molecule has 7 aliphatic rings. The summed E-state index contributed by atoms with van der Waals surface area (Å²) in [4.78, 5) is 0. The van der Waals surface area contributed by atoms with Crippen LogP contribution in [0.4, 0.5) is 0 Å². The molecule has 2 spiro atoms. The van der Waals surface area contributed by atoms with E-state index in [2.05, 4.69) is 26.0 Å². The lowest BCUT2D eigenvalue weighted by molar-refractivity contribution is -0.295. The summed E-state index contributed by atoms with van der Waals surface area (Å²) >= 11 is 0. The highest BCUT2D eigenvalue weighted by Crippen LogP contribution is 2.81. The second kappa shape index (κ2) is 7.29. The molecule has 8 atom stereocenters. The van der Waals surface area contributed by atoms with Crippen molar-refractivity contribution in [3.63, 3.8) is 0 Å². The molecule has 8 rings (SSSR count). The van der Waals surface area contributed by atoms with Gasteiger partial charge in [0.05, 0.1) is 44.6 Å². The lowest BCUT2D eigenvalue weighted by Crippen LogP contribution is -2.69. The molecule has 3 aliphatic heterocycles. The minimum atomic E-state index is -0.864. The topological polar surface area (TPSA) is 78.9 Å². The standard InChI is InChI=1S/C30H40O7/c1-25-12-13-28(33-14-15-34-28)18-27(25,31)10-8-21-22-9-11-29(35-16-17-36-29)26(22,2)24-30(37-24,23(21)25)19-4-6-20(32-3)7-5-19/h4-7,21-24,31H,8-18H2,1-3H3/t21-,22-,23-,24+,25+,26+,27+,30-/m0/s1. The van der Waals surface area contributed by atoms with Gasteiger partial charge in [-0.25, -0.2) is 0 Å². The lowest BCUT2D eigenvalue weighted by atomic mass is 9.40. The van der Waals surface area contributed by atoms with Crippen molar-refractivity contribution in [1.82, 2.24) is 0 Å². The highest BCUT2D eigenvalue weighted by atomic mass is 16.7. The summed E-state index contributed by atoms with van der Waals surface area (Å²) in [5.74, 6) is 0.678. The maximum Gasteiger partial charge on any atom is 0.176 e. The van der Waals surface area contributed by atoms with E-state index in [0.717, 1.165) is 44.3 Å². The number of epoxide rings is 1. The smallest absolute Gasteiger partial charge is 0.176 e. The number of hydrogen-bond donors (Lipinski definition) is 1. The fourth-order valence-electron chi connectivity index (χ4n) is 10.6. The van der Waals surface area contributed by atoms with Gasteiger partial charge < -0.3 is 33.5 Å². The van der Waals surface area contributed by atoms with Crippen molar-refractivity contribution in [2.75, 3.05) is 33.5 Å². The molecule has 0 amide bonds. The average Bonchev–Trinajstić information content (AvgIpc) is 3.18. The van der Waals surface area contributed by atoms with Crippen LogP contribution in [-0.4, -0.2) is 61.9 Å². The van der Waals surface area contributed by atoms with E-state index in [1.165, 1.54) is 5.56 Å².